The van der Waals surface area contributed by atoms with E-state index in [1.807, 2.05) is 93.5 Å². The highest BCUT2D eigenvalue weighted by atomic mass is 16.5. The molecule has 1 heterocycles. The maximum Gasteiger partial charge on any atom is 0.255 e. The fourth-order valence-corrected chi connectivity index (χ4v) is 4.16. The molecular formula is C27H29N3O3. The van der Waals surface area contributed by atoms with E-state index in [4.69, 9.17) is 4.74 Å². The molecule has 1 aliphatic heterocycles. The summed E-state index contributed by atoms with van der Waals surface area (Å²) in [6.45, 7) is 3.98. The molecule has 0 bridgehead atoms. The van der Waals surface area contributed by atoms with E-state index in [1.54, 1.807) is 18.1 Å². The van der Waals surface area contributed by atoms with E-state index in [1.165, 1.54) is 4.90 Å². The number of hydrogen-bond donors (Lipinski definition) is 0. The molecule has 0 spiro atoms. The lowest BCUT2D eigenvalue weighted by atomic mass is 9.98. The van der Waals surface area contributed by atoms with Crippen molar-refractivity contribution in [3.8, 4) is 5.75 Å². The molecule has 1 aliphatic rings. The molecular weight excluding hydrogens is 414 g/mol. The first-order chi connectivity index (χ1) is 15.8. The van der Waals surface area contributed by atoms with Gasteiger partial charge in [0.05, 0.1) is 12.8 Å². The predicted molar refractivity (Wildman–Crippen MR) is 132 cm³/mol. The summed E-state index contributed by atoms with van der Waals surface area (Å²) >= 11 is 0. The van der Waals surface area contributed by atoms with Gasteiger partial charge in [0, 0.05) is 25.5 Å². The van der Waals surface area contributed by atoms with Gasteiger partial charge >= 0.3 is 0 Å². The van der Waals surface area contributed by atoms with Gasteiger partial charge in [0.1, 0.15) is 18.3 Å². The third-order valence-corrected chi connectivity index (χ3v) is 6.19. The minimum atomic E-state index is -0.783. The molecule has 0 aromatic heterocycles. The predicted octanol–water partition coefficient (Wildman–Crippen LogP) is 4.50. The van der Waals surface area contributed by atoms with Crippen molar-refractivity contribution in [3.05, 3.63) is 83.4 Å². The van der Waals surface area contributed by atoms with Gasteiger partial charge in [-0.1, -0.05) is 30.3 Å². The molecule has 170 valence electrons. The second-order valence-corrected chi connectivity index (χ2v) is 8.52. The van der Waals surface area contributed by atoms with Crippen molar-refractivity contribution < 1.29 is 14.3 Å². The molecule has 3 aromatic carbocycles. The first kappa shape index (κ1) is 22.4. The Morgan fingerprint density at radius 2 is 1.61 bits per heavy atom. The Balaban J connectivity index is 1.84. The Hall–Kier alpha value is -3.80. The van der Waals surface area contributed by atoms with Crippen molar-refractivity contribution >= 4 is 28.9 Å². The molecule has 0 unspecified atom stereocenters. The molecule has 0 aliphatic carbocycles. The second-order valence-electron chi connectivity index (χ2n) is 8.52. The van der Waals surface area contributed by atoms with Crippen LogP contribution in [-0.2, 0) is 9.59 Å². The zero-order valence-electron chi connectivity index (χ0n) is 19.7. The van der Waals surface area contributed by atoms with Crippen molar-refractivity contribution in [2.24, 2.45) is 0 Å². The lowest BCUT2D eigenvalue weighted by Crippen LogP contribution is -2.56. The molecule has 1 saturated heterocycles. The van der Waals surface area contributed by atoms with Gasteiger partial charge in [0.15, 0.2) is 0 Å². The van der Waals surface area contributed by atoms with Crippen LogP contribution in [0.1, 0.15) is 22.7 Å². The van der Waals surface area contributed by atoms with Crippen LogP contribution in [0.5, 0.6) is 5.75 Å². The number of ether oxygens (including phenoxy) is 1. The topological polar surface area (TPSA) is 53.1 Å². The molecule has 6 nitrogen and oxygen atoms in total. The van der Waals surface area contributed by atoms with Crippen LogP contribution in [0.25, 0.3) is 0 Å². The number of carbonyl (C=O) groups is 2. The molecule has 0 saturated carbocycles. The molecule has 0 radical (unpaired) electrons. The van der Waals surface area contributed by atoms with Crippen molar-refractivity contribution in [1.82, 2.24) is 0 Å². The monoisotopic (exact) mass is 443 g/mol. The zero-order chi connectivity index (χ0) is 23.7. The van der Waals surface area contributed by atoms with Crippen LogP contribution >= 0.6 is 0 Å². The smallest absolute Gasteiger partial charge is 0.255 e. The number of methoxy groups -OCH3 is 1. The van der Waals surface area contributed by atoms with Gasteiger partial charge < -0.3 is 9.64 Å². The molecule has 2 amide bonds. The summed E-state index contributed by atoms with van der Waals surface area (Å²) in [5, 5.41) is 0. The normalized spacial score (nSPS) is 16.2. The molecule has 1 fully saturated rings. The molecule has 1 atom stereocenters. The third-order valence-electron chi connectivity index (χ3n) is 6.19. The minimum Gasteiger partial charge on any atom is -0.495 e. The zero-order valence-corrected chi connectivity index (χ0v) is 19.7. The summed E-state index contributed by atoms with van der Waals surface area (Å²) in [5.74, 6) is 0.236. The van der Waals surface area contributed by atoms with Crippen molar-refractivity contribution in [1.29, 1.82) is 0 Å². The average molecular weight is 444 g/mol. The Kier molecular flexibility index (Phi) is 6.09. The van der Waals surface area contributed by atoms with E-state index in [0.29, 0.717) is 11.4 Å². The van der Waals surface area contributed by atoms with Crippen molar-refractivity contribution in [3.63, 3.8) is 0 Å². The average Bonchev–Trinajstić information content (AvgIpc) is 2.82. The number of nitrogens with zero attached hydrogens (tertiary/aromatic N) is 3. The number of carbonyl (C=O) groups excluding carboxylic acids is 2. The number of aryl methyl sites for hydroxylation is 2. The summed E-state index contributed by atoms with van der Waals surface area (Å²) in [4.78, 5) is 32.7. The quantitative estimate of drug-likeness (QED) is 0.583. The first-order valence-corrected chi connectivity index (χ1v) is 10.9. The summed E-state index contributed by atoms with van der Waals surface area (Å²) in [7, 11) is 5.50. The lowest BCUT2D eigenvalue weighted by molar-refractivity contribution is -0.128. The van der Waals surface area contributed by atoms with Gasteiger partial charge in [0.2, 0.25) is 5.91 Å². The third kappa shape index (κ3) is 4.16. The van der Waals surface area contributed by atoms with Crippen LogP contribution in [0, 0.1) is 13.8 Å². The summed E-state index contributed by atoms with van der Waals surface area (Å²) in [6, 6.07) is 20.1. The Morgan fingerprint density at radius 1 is 0.909 bits per heavy atom. The fourth-order valence-electron chi connectivity index (χ4n) is 4.16. The Labute approximate surface area is 195 Å². The molecule has 3 aromatic rings. The molecule has 6 heteroatoms. The highest BCUT2D eigenvalue weighted by Gasteiger charge is 2.42. The second kappa shape index (κ2) is 8.98. The van der Waals surface area contributed by atoms with E-state index >= 15 is 0 Å². The fraction of sp³-hybridized carbons (Fsp3) is 0.259. The van der Waals surface area contributed by atoms with Crippen molar-refractivity contribution in [2.75, 3.05) is 42.4 Å². The Morgan fingerprint density at radius 3 is 2.24 bits per heavy atom. The number of amides is 2. The van der Waals surface area contributed by atoms with E-state index in [2.05, 4.69) is 0 Å². The highest BCUT2D eigenvalue weighted by molar-refractivity contribution is 6.15. The molecule has 0 N–H and O–H groups in total. The van der Waals surface area contributed by atoms with Crippen LogP contribution < -0.4 is 19.4 Å². The number of piperazine rings is 1. The van der Waals surface area contributed by atoms with Crippen LogP contribution in [0.15, 0.2) is 66.7 Å². The van der Waals surface area contributed by atoms with Crippen LogP contribution in [0.3, 0.4) is 0 Å². The van der Waals surface area contributed by atoms with Gasteiger partial charge in [-0.25, -0.2) is 0 Å². The minimum absolute atomic E-state index is 0.0571. The number of rotatable bonds is 5. The summed E-state index contributed by atoms with van der Waals surface area (Å²) < 4.78 is 5.48. The maximum absolute atomic E-state index is 14.0. The number of anilines is 3. The standard InChI is InChI=1S/C27H29N3O3/c1-18-10-13-22(16-19(18)2)30-25(31)17-29(23-8-6-7-9-24(23)33-5)27(32)26(30)20-11-14-21(15-12-20)28(3)4/h6-16,26H,17H2,1-5H3/t26-/m0/s1. The van der Waals surface area contributed by atoms with Crippen LogP contribution in [0.2, 0.25) is 0 Å². The Bertz CT molecular complexity index is 1190. The van der Waals surface area contributed by atoms with Gasteiger partial charge in [-0.3, -0.25) is 19.4 Å². The summed E-state index contributed by atoms with van der Waals surface area (Å²) in [6.07, 6.45) is 0. The van der Waals surface area contributed by atoms with Crippen LogP contribution in [0.4, 0.5) is 17.1 Å². The van der Waals surface area contributed by atoms with Gasteiger partial charge in [0.25, 0.3) is 5.91 Å². The maximum atomic E-state index is 14.0. The van der Waals surface area contributed by atoms with E-state index in [0.717, 1.165) is 28.1 Å². The lowest BCUT2D eigenvalue weighted by Gasteiger charge is -2.41. The van der Waals surface area contributed by atoms with Gasteiger partial charge in [-0.2, -0.15) is 0 Å². The highest BCUT2D eigenvalue weighted by Crippen LogP contribution is 2.38. The number of hydrogen-bond acceptors (Lipinski definition) is 4. The SMILES string of the molecule is COc1ccccc1N1CC(=O)N(c2ccc(C)c(C)c2)[C@@H](c2ccc(N(C)C)cc2)C1=O. The number of para-hydroxylation sites is 2. The first-order valence-electron chi connectivity index (χ1n) is 10.9. The molecule has 33 heavy (non-hydrogen) atoms. The van der Waals surface area contributed by atoms with E-state index < -0.39 is 6.04 Å². The van der Waals surface area contributed by atoms with E-state index in [-0.39, 0.29) is 18.4 Å². The van der Waals surface area contributed by atoms with Gasteiger partial charge in [-0.15, -0.1) is 0 Å². The van der Waals surface area contributed by atoms with Crippen LogP contribution in [-0.4, -0.2) is 39.6 Å². The van der Waals surface area contributed by atoms with Gasteiger partial charge in [-0.05, 0) is 66.9 Å². The molecule has 4 rings (SSSR count). The largest absolute Gasteiger partial charge is 0.495 e. The number of benzene rings is 3. The van der Waals surface area contributed by atoms with Crippen molar-refractivity contribution in [2.45, 2.75) is 19.9 Å². The van der Waals surface area contributed by atoms with E-state index in [9.17, 15) is 9.59 Å². The summed E-state index contributed by atoms with van der Waals surface area (Å²) in [5.41, 5.74) is 5.30.